The van der Waals surface area contributed by atoms with Crippen LogP contribution in [0.5, 0.6) is 11.5 Å². The van der Waals surface area contributed by atoms with Gasteiger partial charge < -0.3 is 39.4 Å². The summed E-state index contributed by atoms with van der Waals surface area (Å²) < 4.78 is 112. The Balaban J connectivity index is 1.41. The number of nitrogens with one attached hydrogen (secondary N) is 2. The zero-order valence-electron chi connectivity index (χ0n) is 37.6. The molecule has 0 radical (unpaired) electrons. The summed E-state index contributed by atoms with van der Waals surface area (Å²) in [7, 11) is 4.84. The summed E-state index contributed by atoms with van der Waals surface area (Å²) in [5.74, 6) is -9.97. The van der Waals surface area contributed by atoms with Gasteiger partial charge >= 0.3 is 18.3 Å². The Morgan fingerprint density at radius 3 is 2.28 bits per heavy atom. The number of aromatic nitrogens is 2. The number of rotatable bonds is 12. The molecule has 2 fully saturated rings. The number of alkyl halides is 6. The van der Waals surface area contributed by atoms with Crippen molar-refractivity contribution in [1.29, 1.82) is 0 Å². The smallest absolute Gasteiger partial charge is 0.457 e. The number of hydrogen-bond acceptors (Lipinski definition) is 9. The van der Waals surface area contributed by atoms with Crippen molar-refractivity contribution in [2.45, 2.75) is 82.1 Å². The number of piperidine rings is 1. The normalized spacial score (nSPS) is 21.0. The van der Waals surface area contributed by atoms with Crippen LogP contribution in [0.4, 0.5) is 30.7 Å². The average Bonchev–Trinajstić information content (AvgIpc) is 3.65. The van der Waals surface area contributed by atoms with Crippen LogP contribution in [0, 0.1) is 11.7 Å². The third-order valence-electron chi connectivity index (χ3n) is 12.2. The number of carbonyl (C=O) groups is 5. The number of hydrogen-bond donors (Lipinski definition) is 2. The second-order valence-electron chi connectivity index (χ2n) is 17.0. The van der Waals surface area contributed by atoms with E-state index in [1.54, 1.807) is 49.6 Å². The Morgan fingerprint density at radius 1 is 0.957 bits per heavy atom. The fourth-order valence-corrected chi connectivity index (χ4v) is 8.86. The quantitative estimate of drug-likeness (QED) is 0.109. The molecule has 4 atom stereocenters. The van der Waals surface area contributed by atoms with Crippen LogP contribution in [0.2, 0.25) is 10.0 Å². The number of carbonyl (C=O) groups excluding carboxylic acids is 5. The summed E-state index contributed by atoms with van der Waals surface area (Å²) in [6.45, 7) is -1.22. The fraction of sp³-hybridized carbons (Fsp3) is 0.435. The maximum atomic E-state index is 16.2. The number of likely N-dealkylation sites (N-methyl/N-ethyl adjacent to an activating group) is 1. The number of amides is 4. The lowest BCUT2D eigenvalue weighted by Crippen LogP contribution is -2.66. The van der Waals surface area contributed by atoms with Crippen LogP contribution in [0.1, 0.15) is 49.6 Å². The first kappa shape index (κ1) is 52.4. The van der Waals surface area contributed by atoms with E-state index in [2.05, 4.69) is 20.4 Å². The van der Waals surface area contributed by atoms with E-state index in [0.29, 0.717) is 22.0 Å². The molecule has 6 rings (SSSR count). The Bertz CT molecular complexity index is 2540. The van der Waals surface area contributed by atoms with E-state index in [0.717, 1.165) is 39.9 Å². The standard InChI is InChI=1S/C46H48Cl2F7N7O7/c1-26-40(64)58-35(24-68-43(67)46(53,54)55)42(66)60(4)44(19-27-6-10-30(47)11-7-27)14-5-15-61(25-44)41(65)29(20-45(50,51)52)16-39(63)62(26)23-33-34(49)17-31(48)18-37(33)69-32-12-8-28(9-13-32)36-21-57-38(22-56-2)59(36)3/h6-13,17-18,21,26,29,35,56H,5,14-16,19-20,22-25H2,1-4H3,(H,58,64)/t26-,29-,35-,44+/m0/s1. The Kier molecular flexibility index (Phi) is 16.2. The van der Waals surface area contributed by atoms with Crippen LogP contribution in [0.25, 0.3) is 11.3 Å². The van der Waals surface area contributed by atoms with Crippen molar-refractivity contribution in [1.82, 2.24) is 34.9 Å². The first-order valence-corrected chi connectivity index (χ1v) is 22.3. The highest BCUT2D eigenvalue weighted by Gasteiger charge is 2.49. The summed E-state index contributed by atoms with van der Waals surface area (Å²) in [5.41, 5.74) is 0.131. The van der Waals surface area contributed by atoms with Gasteiger partial charge in [0.2, 0.25) is 23.6 Å². The number of imidazole rings is 1. The summed E-state index contributed by atoms with van der Waals surface area (Å²) >= 11 is 12.4. The fourth-order valence-electron chi connectivity index (χ4n) is 8.54. The van der Waals surface area contributed by atoms with E-state index >= 15 is 4.39 Å². The minimum Gasteiger partial charge on any atom is -0.457 e. The lowest BCUT2D eigenvalue weighted by atomic mass is 9.80. The predicted molar refractivity (Wildman–Crippen MR) is 237 cm³/mol. The molecule has 3 heterocycles. The van der Waals surface area contributed by atoms with E-state index in [-0.39, 0.29) is 42.3 Å². The van der Waals surface area contributed by atoms with Crippen molar-refractivity contribution >= 4 is 52.8 Å². The van der Waals surface area contributed by atoms with Crippen molar-refractivity contribution in [2.75, 3.05) is 33.8 Å². The average molecular weight is 1010 g/mol. The summed E-state index contributed by atoms with van der Waals surface area (Å²) in [5, 5.41) is 5.47. The molecule has 2 aliphatic rings. The largest absolute Gasteiger partial charge is 0.490 e. The van der Waals surface area contributed by atoms with E-state index < -0.39 is 109 Å². The van der Waals surface area contributed by atoms with Crippen LogP contribution < -0.4 is 15.4 Å². The maximum absolute atomic E-state index is 16.2. The molecule has 0 unspecified atom stereocenters. The molecule has 4 amide bonds. The van der Waals surface area contributed by atoms with Gasteiger partial charge in [-0.1, -0.05) is 35.3 Å². The molecule has 0 aliphatic carbocycles. The van der Waals surface area contributed by atoms with E-state index in [9.17, 15) is 50.3 Å². The monoisotopic (exact) mass is 1010 g/mol. The van der Waals surface area contributed by atoms with E-state index in [4.69, 9.17) is 27.9 Å². The SMILES string of the molecule is CNCc1ncc(-c2ccc(Oc3cc(Cl)cc(F)c3CN3C(=O)C[C@@H](CC(F)(F)F)C(=O)N4CCC[C@@](Cc5ccc(Cl)cc5)(C4)N(C)C(=O)[C@H](COC(=O)C(F)(F)F)NC(=O)[C@@H]3C)cc2)n1C. The Hall–Kier alpha value is -5.93. The van der Waals surface area contributed by atoms with Crippen molar-refractivity contribution in [3.05, 3.63) is 99.7 Å². The lowest BCUT2D eigenvalue weighted by molar-refractivity contribution is -0.200. The predicted octanol–water partition coefficient (Wildman–Crippen LogP) is 7.39. The van der Waals surface area contributed by atoms with Gasteiger partial charge in [-0.25, -0.2) is 14.2 Å². The molecule has 3 aromatic carbocycles. The van der Waals surface area contributed by atoms with Crippen LogP contribution >= 0.6 is 23.2 Å². The van der Waals surface area contributed by atoms with Crippen LogP contribution in [-0.2, 0) is 55.3 Å². The van der Waals surface area contributed by atoms with Gasteiger partial charge in [0.25, 0.3) is 0 Å². The van der Waals surface area contributed by atoms with Gasteiger partial charge in [-0.15, -0.1) is 0 Å². The Morgan fingerprint density at radius 2 is 1.64 bits per heavy atom. The number of nitrogens with zero attached hydrogens (tertiary/aromatic N) is 5. The highest BCUT2D eigenvalue weighted by molar-refractivity contribution is 6.31. The highest BCUT2D eigenvalue weighted by Crippen LogP contribution is 2.37. The first-order valence-electron chi connectivity index (χ1n) is 21.5. The molecule has 2 aliphatic heterocycles. The molecule has 2 N–H and O–H groups in total. The molecule has 14 nitrogen and oxygen atoms in total. The van der Waals surface area contributed by atoms with E-state index in [1.165, 1.54) is 25.2 Å². The topological polar surface area (TPSA) is 155 Å². The van der Waals surface area contributed by atoms with Crippen LogP contribution in [-0.4, -0.2) is 118 Å². The van der Waals surface area contributed by atoms with Gasteiger partial charge in [0.1, 0.15) is 41.8 Å². The van der Waals surface area contributed by atoms with Gasteiger partial charge in [0.15, 0.2) is 0 Å². The number of esters is 1. The molecular formula is C46H48Cl2F7N7O7. The zero-order valence-corrected chi connectivity index (χ0v) is 39.2. The van der Waals surface area contributed by atoms with E-state index in [1.807, 2.05) is 11.6 Å². The summed E-state index contributed by atoms with van der Waals surface area (Å²) in [4.78, 5) is 77.0. The number of benzene rings is 3. The van der Waals surface area contributed by atoms with Crippen LogP contribution in [0.3, 0.4) is 0 Å². The molecule has 0 spiro atoms. The molecule has 2 bridgehead atoms. The minimum atomic E-state index is -5.51. The third-order valence-corrected chi connectivity index (χ3v) is 12.7. The molecular weight excluding hydrogens is 966 g/mol. The number of ether oxygens (including phenoxy) is 2. The summed E-state index contributed by atoms with van der Waals surface area (Å²) in [6, 6.07) is 10.9. The number of halogens is 9. The summed E-state index contributed by atoms with van der Waals surface area (Å²) in [6.07, 6.45) is -11.6. The van der Waals surface area contributed by atoms with Gasteiger partial charge in [0.05, 0.1) is 42.9 Å². The minimum absolute atomic E-state index is 0.0599. The van der Waals surface area contributed by atoms with Gasteiger partial charge in [-0.2, -0.15) is 26.3 Å². The van der Waals surface area contributed by atoms with Gasteiger partial charge in [-0.05, 0) is 87.3 Å². The maximum Gasteiger partial charge on any atom is 0.490 e. The van der Waals surface area contributed by atoms with Gasteiger partial charge in [0, 0.05) is 54.8 Å². The molecule has 4 aromatic rings. The van der Waals surface area contributed by atoms with Crippen molar-refractivity contribution in [3.63, 3.8) is 0 Å². The lowest BCUT2D eigenvalue weighted by Gasteiger charge is -2.50. The molecule has 69 heavy (non-hydrogen) atoms. The van der Waals surface area contributed by atoms with Crippen molar-refractivity contribution in [3.8, 4) is 22.8 Å². The molecule has 372 valence electrons. The highest BCUT2D eigenvalue weighted by atomic mass is 35.5. The second-order valence-corrected chi connectivity index (χ2v) is 17.9. The van der Waals surface area contributed by atoms with Crippen molar-refractivity contribution in [2.24, 2.45) is 13.0 Å². The van der Waals surface area contributed by atoms with Gasteiger partial charge in [-0.3, -0.25) is 19.2 Å². The Labute approximate surface area is 402 Å². The molecule has 2 saturated heterocycles. The number of fused-ring (bicyclic) bond motifs is 2. The zero-order chi connectivity index (χ0) is 50.6. The third kappa shape index (κ3) is 12.6. The molecule has 1 aromatic heterocycles. The van der Waals surface area contributed by atoms with Crippen molar-refractivity contribution < 1.29 is 64.2 Å². The first-order chi connectivity index (χ1) is 32.4. The van der Waals surface area contributed by atoms with Crippen LogP contribution in [0.15, 0.2) is 66.9 Å². The second kappa shape index (κ2) is 21.4. The molecule has 0 saturated carbocycles. The molecule has 23 heteroatoms.